The minimum Gasteiger partial charge on any atom is -0.363 e. The van der Waals surface area contributed by atoms with Crippen LogP contribution in [0.25, 0.3) is 0 Å². The lowest BCUT2D eigenvalue weighted by molar-refractivity contribution is 0.568. The third kappa shape index (κ3) is 2.83. The number of rotatable bonds is 5. The van der Waals surface area contributed by atoms with Gasteiger partial charge in [-0.1, -0.05) is 0 Å². The van der Waals surface area contributed by atoms with Gasteiger partial charge < -0.3 is 10.2 Å². The lowest BCUT2D eigenvalue weighted by Gasteiger charge is -2.30. The van der Waals surface area contributed by atoms with Crippen molar-refractivity contribution in [1.82, 2.24) is 10.3 Å². The highest BCUT2D eigenvalue weighted by molar-refractivity contribution is 7.12. The van der Waals surface area contributed by atoms with E-state index in [0.717, 1.165) is 25.9 Å². The minimum absolute atomic E-state index is 0.452. The topological polar surface area (TPSA) is 28.2 Å². The van der Waals surface area contributed by atoms with E-state index >= 15 is 0 Å². The molecule has 4 heteroatoms. The highest BCUT2D eigenvalue weighted by Gasteiger charge is 2.29. The summed E-state index contributed by atoms with van der Waals surface area (Å²) in [5.74, 6) is 0. The molecule has 0 aliphatic carbocycles. The molecule has 0 bridgehead atoms. The molecule has 1 atom stereocenters. The molecule has 3 rings (SSSR count). The van der Waals surface area contributed by atoms with E-state index in [-0.39, 0.29) is 0 Å². The van der Waals surface area contributed by atoms with Gasteiger partial charge in [-0.2, -0.15) is 0 Å². The van der Waals surface area contributed by atoms with E-state index < -0.39 is 0 Å². The van der Waals surface area contributed by atoms with Crippen molar-refractivity contribution in [2.24, 2.45) is 0 Å². The second-order valence-corrected chi connectivity index (χ2v) is 7.15. The Kier molecular flexibility index (Phi) is 4.27. The van der Waals surface area contributed by atoms with Crippen molar-refractivity contribution in [1.29, 1.82) is 0 Å². The molecule has 2 aromatic rings. The van der Waals surface area contributed by atoms with E-state index in [2.05, 4.69) is 47.2 Å². The molecular weight excluding hydrogens is 278 g/mol. The Morgan fingerprint density at radius 2 is 2.29 bits per heavy atom. The predicted molar refractivity (Wildman–Crippen MR) is 90.4 cm³/mol. The number of nitrogens with zero attached hydrogens (tertiary/aromatic N) is 2. The van der Waals surface area contributed by atoms with Crippen LogP contribution in [0.1, 0.15) is 33.5 Å². The normalized spacial score (nSPS) is 15.3. The molecule has 0 fully saturated rings. The lowest BCUT2D eigenvalue weighted by Crippen LogP contribution is -2.29. The maximum Gasteiger partial charge on any atom is 0.0654 e. The number of pyridine rings is 1. The molecule has 1 aliphatic heterocycles. The average Bonchev–Trinajstić information content (AvgIpc) is 3.04. The standard InChI is InChI=1S/C17H23N3S/c1-12-11-14(13(2)21-12)16(6-9-18-3)20-10-7-15-17(20)5-4-8-19-15/h4-5,8,11,16,18H,6-7,9-10H2,1-3H3. The Hall–Kier alpha value is -1.39. The third-order valence-corrected chi connectivity index (χ3v) is 5.23. The molecule has 21 heavy (non-hydrogen) atoms. The summed E-state index contributed by atoms with van der Waals surface area (Å²) in [6.07, 6.45) is 4.10. The van der Waals surface area contributed by atoms with Crippen LogP contribution in [0.5, 0.6) is 0 Å². The van der Waals surface area contributed by atoms with Crippen molar-refractivity contribution >= 4 is 17.0 Å². The minimum atomic E-state index is 0.452. The first-order valence-corrected chi connectivity index (χ1v) is 8.44. The zero-order chi connectivity index (χ0) is 14.8. The first-order valence-electron chi connectivity index (χ1n) is 7.62. The van der Waals surface area contributed by atoms with Crippen molar-refractivity contribution in [3.05, 3.63) is 45.4 Å². The van der Waals surface area contributed by atoms with Crippen molar-refractivity contribution in [3.63, 3.8) is 0 Å². The van der Waals surface area contributed by atoms with E-state index in [0.29, 0.717) is 6.04 Å². The molecule has 3 heterocycles. The van der Waals surface area contributed by atoms with Crippen LogP contribution < -0.4 is 10.2 Å². The van der Waals surface area contributed by atoms with Gasteiger partial charge in [0.15, 0.2) is 0 Å². The molecule has 0 amide bonds. The fourth-order valence-electron chi connectivity index (χ4n) is 3.30. The van der Waals surface area contributed by atoms with E-state index in [9.17, 15) is 0 Å². The van der Waals surface area contributed by atoms with Gasteiger partial charge in [-0.05, 0) is 57.6 Å². The number of aryl methyl sites for hydroxylation is 2. The molecular formula is C17H23N3S. The first kappa shape index (κ1) is 14.5. The van der Waals surface area contributed by atoms with Gasteiger partial charge in [0.25, 0.3) is 0 Å². The number of thiophene rings is 1. The third-order valence-electron chi connectivity index (χ3n) is 4.25. The summed E-state index contributed by atoms with van der Waals surface area (Å²) in [6.45, 7) is 6.57. The Labute approximate surface area is 131 Å². The van der Waals surface area contributed by atoms with Gasteiger partial charge in [0.05, 0.1) is 17.4 Å². The average molecular weight is 301 g/mol. The number of nitrogens with one attached hydrogen (secondary N) is 1. The smallest absolute Gasteiger partial charge is 0.0654 e. The molecule has 0 saturated carbocycles. The summed E-state index contributed by atoms with van der Waals surface area (Å²) in [6, 6.07) is 7.09. The summed E-state index contributed by atoms with van der Waals surface area (Å²) < 4.78 is 0. The molecule has 0 saturated heterocycles. The SMILES string of the molecule is CNCCC(c1cc(C)sc1C)N1CCc2ncccc21. The van der Waals surface area contributed by atoms with Crippen molar-refractivity contribution in [2.45, 2.75) is 32.7 Å². The summed E-state index contributed by atoms with van der Waals surface area (Å²) in [5, 5.41) is 3.30. The highest BCUT2D eigenvalue weighted by atomic mass is 32.1. The van der Waals surface area contributed by atoms with Crippen LogP contribution in [0.3, 0.4) is 0 Å². The van der Waals surface area contributed by atoms with Crippen molar-refractivity contribution in [2.75, 3.05) is 25.0 Å². The van der Waals surface area contributed by atoms with Crippen LogP contribution in [-0.2, 0) is 6.42 Å². The van der Waals surface area contributed by atoms with Crippen molar-refractivity contribution < 1.29 is 0 Å². The quantitative estimate of drug-likeness (QED) is 0.916. The summed E-state index contributed by atoms with van der Waals surface area (Å²) in [5.41, 5.74) is 4.06. The predicted octanol–water partition coefficient (Wildman–Crippen LogP) is 3.47. The summed E-state index contributed by atoms with van der Waals surface area (Å²) in [4.78, 5) is 9.94. The lowest BCUT2D eigenvalue weighted by atomic mass is 10.0. The van der Waals surface area contributed by atoms with Gasteiger partial charge >= 0.3 is 0 Å². The van der Waals surface area contributed by atoms with Crippen LogP contribution in [0.15, 0.2) is 24.4 Å². The van der Waals surface area contributed by atoms with Crippen molar-refractivity contribution in [3.8, 4) is 0 Å². The van der Waals surface area contributed by atoms with Gasteiger partial charge in [-0.3, -0.25) is 4.98 Å². The molecule has 1 N–H and O–H groups in total. The van der Waals surface area contributed by atoms with Crippen LogP contribution in [0.2, 0.25) is 0 Å². The van der Waals surface area contributed by atoms with Gasteiger partial charge in [0.2, 0.25) is 0 Å². The van der Waals surface area contributed by atoms with E-state index in [4.69, 9.17) is 0 Å². The van der Waals surface area contributed by atoms with Gasteiger partial charge in [-0.15, -0.1) is 11.3 Å². The van der Waals surface area contributed by atoms with Crippen LogP contribution in [-0.4, -0.2) is 25.1 Å². The van der Waals surface area contributed by atoms with Crippen LogP contribution in [0, 0.1) is 13.8 Å². The molecule has 112 valence electrons. The summed E-state index contributed by atoms with van der Waals surface area (Å²) >= 11 is 1.91. The first-order chi connectivity index (χ1) is 10.2. The monoisotopic (exact) mass is 301 g/mol. The van der Waals surface area contributed by atoms with Gasteiger partial charge in [0, 0.05) is 28.9 Å². The Bertz CT molecular complexity index is 620. The molecule has 1 unspecified atom stereocenters. The maximum atomic E-state index is 4.54. The van der Waals surface area contributed by atoms with Gasteiger partial charge in [0.1, 0.15) is 0 Å². The van der Waals surface area contributed by atoms with Crippen LogP contribution >= 0.6 is 11.3 Å². The van der Waals surface area contributed by atoms with Crippen LogP contribution in [0.4, 0.5) is 5.69 Å². The largest absolute Gasteiger partial charge is 0.363 e. The molecule has 0 aromatic carbocycles. The van der Waals surface area contributed by atoms with Gasteiger partial charge in [-0.25, -0.2) is 0 Å². The molecule has 0 spiro atoms. The molecule has 1 aliphatic rings. The molecule has 2 aromatic heterocycles. The number of anilines is 1. The highest BCUT2D eigenvalue weighted by Crippen LogP contribution is 2.38. The number of hydrogen-bond acceptors (Lipinski definition) is 4. The Balaban J connectivity index is 1.95. The van der Waals surface area contributed by atoms with E-state index in [1.54, 1.807) is 0 Å². The second-order valence-electron chi connectivity index (χ2n) is 5.69. The fraction of sp³-hybridized carbons (Fsp3) is 0.471. The molecule has 3 nitrogen and oxygen atoms in total. The number of aromatic nitrogens is 1. The Morgan fingerprint density at radius 1 is 1.43 bits per heavy atom. The summed E-state index contributed by atoms with van der Waals surface area (Å²) in [7, 11) is 2.03. The Morgan fingerprint density at radius 3 is 3.00 bits per heavy atom. The molecule has 0 radical (unpaired) electrons. The van der Waals surface area contributed by atoms with E-state index in [1.807, 2.05) is 24.6 Å². The second kappa shape index (κ2) is 6.16. The zero-order valence-electron chi connectivity index (χ0n) is 13.0. The maximum absolute atomic E-state index is 4.54. The zero-order valence-corrected chi connectivity index (χ0v) is 13.8. The number of fused-ring (bicyclic) bond motifs is 1. The fourth-order valence-corrected chi connectivity index (χ4v) is 4.28. The van der Waals surface area contributed by atoms with E-state index in [1.165, 1.54) is 26.7 Å². The number of hydrogen-bond donors (Lipinski definition) is 1.